The van der Waals surface area contributed by atoms with Crippen molar-refractivity contribution in [3.8, 4) is 0 Å². The Morgan fingerprint density at radius 3 is 2.86 bits per heavy atom. The maximum atomic E-state index is 12.2. The third-order valence-electron chi connectivity index (χ3n) is 4.38. The lowest BCUT2D eigenvalue weighted by Crippen LogP contribution is -2.35. The molecule has 1 aliphatic rings. The predicted octanol–water partition coefficient (Wildman–Crippen LogP) is 4.24. The molecule has 0 atom stereocenters. The number of aromatic amines is 1. The van der Waals surface area contributed by atoms with E-state index in [-0.39, 0.29) is 30.7 Å². The van der Waals surface area contributed by atoms with Crippen molar-refractivity contribution < 1.29 is 4.79 Å². The van der Waals surface area contributed by atoms with E-state index >= 15 is 0 Å². The van der Waals surface area contributed by atoms with Crippen LogP contribution in [0.5, 0.6) is 0 Å². The first kappa shape index (κ1) is 20.9. The minimum atomic E-state index is -0.216. The molecule has 29 heavy (non-hydrogen) atoms. The van der Waals surface area contributed by atoms with Crippen LogP contribution in [-0.2, 0) is 11.3 Å². The number of fused-ring (bicyclic) bond motifs is 2. The van der Waals surface area contributed by atoms with E-state index in [0.29, 0.717) is 18.2 Å². The normalized spacial score (nSPS) is 14.4. The van der Waals surface area contributed by atoms with Crippen LogP contribution < -0.4 is 10.6 Å². The summed E-state index contributed by atoms with van der Waals surface area (Å²) in [5.74, 6) is 0.258. The number of thiophene rings is 1. The summed E-state index contributed by atoms with van der Waals surface area (Å²) in [6, 6.07) is 14.3. The van der Waals surface area contributed by atoms with Crippen molar-refractivity contribution in [2.45, 2.75) is 6.54 Å². The fourth-order valence-electron chi connectivity index (χ4n) is 3.09. The van der Waals surface area contributed by atoms with Gasteiger partial charge in [-0.1, -0.05) is 18.2 Å². The summed E-state index contributed by atoms with van der Waals surface area (Å²) < 4.78 is 1.25. The number of H-pyrrole nitrogens is 1. The van der Waals surface area contributed by atoms with Crippen molar-refractivity contribution in [3.63, 3.8) is 0 Å². The van der Waals surface area contributed by atoms with Gasteiger partial charge in [-0.3, -0.25) is 10.1 Å². The molecular formula is C20H17Cl2N5OS. The molecular weight excluding hydrogens is 429 g/mol. The van der Waals surface area contributed by atoms with E-state index in [1.165, 1.54) is 15.0 Å². The van der Waals surface area contributed by atoms with Crippen molar-refractivity contribution in [1.29, 1.82) is 0 Å². The summed E-state index contributed by atoms with van der Waals surface area (Å²) in [7, 11) is 0. The van der Waals surface area contributed by atoms with E-state index < -0.39 is 0 Å². The van der Waals surface area contributed by atoms with Crippen LogP contribution >= 0.6 is 36.2 Å². The topological polar surface area (TPSA) is 82.2 Å². The SMILES string of the molecule is Cl.Cl.O=C1NC(NCc2cc3ccccc3s2)=NC1=Cc1c[nH]c2ncccc12. The summed E-state index contributed by atoms with van der Waals surface area (Å²) in [6.07, 6.45) is 5.33. The predicted molar refractivity (Wildman–Crippen MR) is 123 cm³/mol. The van der Waals surface area contributed by atoms with E-state index in [0.717, 1.165) is 16.6 Å². The lowest BCUT2D eigenvalue weighted by atomic mass is 10.2. The number of aromatic nitrogens is 2. The molecule has 6 nitrogen and oxygen atoms in total. The van der Waals surface area contributed by atoms with Gasteiger partial charge in [0.15, 0.2) is 0 Å². The third-order valence-corrected chi connectivity index (χ3v) is 5.49. The second-order valence-corrected chi connectivity index (χ2v) is 7.36. The van der Waals surface area contributed by atoms with Gasteiger partial charge in [-0.2, -0.15) is 0 Å². The van der Waals surface area contributed by atoms with Crippen LogP contribution in [0.4, 0.5) is 0 Å². The molecule has 1 aliphatic heterocycles. The van der Waals surface area contributed by atoms with Crippen LogP contribution in [0.2, 0.25) is 0 Å². The Labute approximate surface area is 183 Å². The van der Waals surface area contributed by atoms with E-state index in [2.05, 4.69) is 43.8 Å². The Balaban J connectivity index is 0.00000120. The summed E-state index contributed by atoms with van der Waals surface area (Å²) in [4.78, 5) is 25.2. The number of carbonyl (C=O) groups excluding carboxylic acids is 1. The summed E-state index contributed by atoms with van der Waals surface area (Å²) in [5.41, 5.74) is 2.05. The van der Waals surface area contributed by atoms with Crippen molar-refractivity contribution in [2.75, 3.05) is 0 Å². The van der Waals surface area contributed by atoms with Crippen LogP contribution in [0.3, 0.4) is 0 Å². The zero-order valence-electron chi connectivity index (χ0n) is 15.0. The largest absolute Gasteiger partial charge is 0.351 e. The fourth-order valence-corrected chi connectivity index (χ4v) is 4.10. The first-order chi connectivity index (χ1) is 13.3. The Hall–Kier alpha value is -2.87. The van der Waals surface area contributed by atoms with Crippen molar-refractivity contribution in [1.82, 2.24) is 20.6 Å². The highest BCUT2D eigenvalue weighted by Gasteiger charge is 2.20. The number of halogens is 2. The van der Waals surface area contributed by atoms with Crippen LogP contribution in [-0.4, -0.2) is 21.8 Å². The number of nitrogens with zero attached hydrogens (tertiary/aromatic N) is 2. The highest BCUT2D eigenvalue weighted by molar-refractivity contribution is 7.19. The molecule has 0 bridgehead atoms. The van der Waals surface area contributed by atoms with Gasteiger partial charge in [-0.05, 0) is 35.7 Å². The van der Waals surface area contributed by atoms with Gasteiger partial charge in [0.2, 0.25) is 5.96 Å². The number of carbonyl (C=O) groups is 1. The van der Waals surface area contributed by atoms with Gasteiger partial charge in [0.05, 0.1) is 6.54 Å². The summed E-state index contributed by atoms with van der Waals surface area (Å²) in [6.45, 7) is 0.614. The molecule has 3 aromatic heterocycles. The van der Waals surface area contributed by atoms with E-state index in [9.17, 15) is 4.79 Å². The molecule has 5 rings (SSSR count). The number of amides is 1. The first-order valence-corrected chi connectivity index (χ1v) is 9.33. The molecule has 0 aliphatic carbocycles. The van der Waals surface area contributed by atoms with E-state index in [1.54, 1.807) is 23.6 Å². The average Bonchev–Trinajstić information content (AvgIpc) is 3.38. The van der Waals surface area contributed by atoms with Crippen molar-refractivity contribution >= 4 is 75.2 Å². The number of guanidine groups is 1. The number of pyridine rings is 1. The van der Waals surface area contributed by atoms with Crippen molar-refractivity contribution in [2.24, 2.45) is 4.99 Å². The smallest absolute Gasteiger partial charge is 0.276 e. The fraction of sp³-hybridized carbons (Fsp3) is 0.0500. The van der Waals surface area contributed by atoms with Crippen LogP contribution in [0, 0.1) is 0 Å². The zero-order chi connectivity index (χ0) is 18.2. The monoisotopic (exact) mass is 445 g/mol. The maximum Gasteiger partial charge on any atom is 0.276 e. The van der Waals surface area contributed by atoms with Gasteiger partial charge in [-0.15, -0.1) is 36.2 Å². The lowest BCUT2D eigenvalue weighted by molar-refractivity contribution is -0.115. The number of rotatable bonds is 3. The van der Waals surface area contributed by atoms with Crippen LogP contribution in [0.1, 0.15) is 10.4 Å². The molecule has 0 unspecified atom stereocenters. The Bertz CT molecular complexity index is 1210. The second kappa shape index (κ2) is 8.65. The van der Waals surface area contributed by atoms with Gasteiger partial charge in [0.1, 0.15) is 11.3 Å². The number of nitrogens with one attached hydrogen (secondary N) is 3. The highest BCUT2D eigenvalue weighted by Crippen LogP contribution is 2.25. The number of hydrogen-bond donors (Lipinski definition) is 3. The quantitative estimate of drug-likeness (QED) is 0.412. The molecule has 4 aromatic rings. The molecule has 148 valence electrons. The molecule has 1 amide bonds. The lowest BCUT2D eigenvalue weighted by Gasteiger charge is -2.02. The van der Waals surface area contributed by atoms with Gasteiger partial charge in [0, 0.05) is 32.9 Å². The van der Waals surface area contributed by atoms with E-state index in [1.807, 2.05) is 30.5 Å². The molecule has 1 aromatic carbocycles. The van der Waals surface area contributed by atoms with Gasteiger partial charge < -0.3 is 10.3 Å². The van der Waals surface area contributed by atoms with Gasteiger partial charge in [0.25, 0.3) is 5.91 Å². The molecule has 0 fully saturated rings. The molecule has 3 N–H and O–H groups in total. The number of aliphatic imine (C=N–C) groups is 1. The molecule has 4 heterocycles. The average molecular weight is 446 g/mol. The standard InChI is InChI=1S/C20H15N5OS.2ClH/c26-19-16(9-13-10-22-18-15(13)5-3-7-21-18)24-20(25-19)23-11-14-8-12-4-1-2-6-17(12)27-14;;/h1-10H,11H2,(H,21,22)(H2,23,24,25,26);2*1H. The minimum absolute atomic E-state index is 0. The van der Waals surface area contributed by atoms with Crippen LogP contribution in [0.25, 0.3) is 27.2 Å². The number of hydrogen-bond acceptors (Lipinski definition) is 5. The molecule has 9 heteroatoms. The molecule has 0 saturated carbocycles. The molecule has 0 saturated heterocycles. The Kier molecular flexibility index (Phi) is 6.22. The van der Waals surface area contributed by atoms with Crippen molar-refractivity contribution in [3.05, 3.63) is 71.0 Å². The van der Waals surface area contributed by atoms with E-state index in [4.69, 9.17) is 0 Å². The van der Waals surface area contributed by atoms with Gasteiger partial charge >= 0.3 is 0 Å². The molecule has 0 spiro atoms. The second-order valence-electron chi connectivity index (χ2n) is 6.19. The summed E-state index contributed by atoms with van der Waals surface area (Å²) >= 11 is 1.73. The Morgan fingerprint density at radius 2 is 2.00 bits per heavy atom. The highest BCUT2D eigenvalue weighted by atomic mass is 35.5. The maximum absolute atomic E-state index is 12.2. The summed E-state index contributed by atoms with van der Waals surface area (Å²) in [5, 5.41) is 8.17. The Morgan fingerprint density at radius 1 is 1.14 bits per heavy atom. The molecule has 0 radical (unpaired) electrons. The third kappa shape index (κ3) is 4.12. The van der Waals surface area contributed by atoms with Gasteiger partial charge in [-0.25, -0.2) is 9.98 Å². The zero-order valence-corrected chi connectivity index (χ0v) is 17.5. The minimum Gasteiger partial charge on any atom is -0.351 e. The number of benzene rings is 1. The van der Waals surface area contributed by atoms with Crippen LogP contribution in [0.15, 0.2) is 65.5 Å². The first-order valence-electron chi connectivity index (χ1n) is 8.51.